The predicted octanol–water partition coefficient (Wildman–Crippen LogP) is 8.68. The standard InChI is InChI=1S/C28H46O/c1-2-3-4-5-6-7-9-12-24-15-17-25(18-16-24)23-29-28-21-19-27(20-22-28)26-13-10-8-11-14-26/h8,10-11,13-14,24-25,27-28H,2-7,9,12,15-23H2,1H3/t24-,25-,27-,28-. The Balaban J connectivity index is 1.20. The molecule has 0 amide bonds. The van der Waals surface area contributed by atoms with E-state index < -0.39 is 0 Å². The van der Waals surface area contributed by atoms with Crippen molar-refractivity contribution in [1.82, 2.24) is 0 Å². The zero-order valence-corrected chi connectivity index (χ0v) is 19.1. The van der Waals surface area contributed by atoms with Gasteiger partial charge in [-0.05, 0) is 61.8 Å². The Morgan fingerprint density at radius 3 is 2.00 bits per heavy atom. The number of hydrogen-bond acceptors (Lipinski definition) is 1. The molecule has 1 heteroatoms. The topological polar surface area (TPSA) is 9.23 Å². The van der Waals surface area contributed by atoms with Crippen molar-refractivity contribution in [2.45, 2.75) is 122 Å². The van der Waals surface area contributed by atoms with Gasteiger partial charge in [-0.15, -0.1) is 0 Å². The third-order valence-corrected chi connectivity index (χ3v) is 7.70. The molecule has 2 aliphatic rings. The highest BCUT2D eigenvalue weighted by Crippen LogP contribution is 2.36. The largest absolute Gasteiger partial charge is 0.378 e. The molecule has 3 rings (SSSR count). The summed E-state index contributed by atoms with van der Waals surface area (Å²) in [5.41, 5.74) is 1.53. The van der Waals surface area contributed by atoms with E-state index in [2.05, 4.69) is 37.3 Å². The molecule has 29 heavy (non-hydrogen) atoms. The van der Waals surface area contributed by atoms with Gasteiger partial charge in [0.15, 0.2) is 0 Å². The first kappa shape index (κ1) is 22.9. The minimum Gasteiger partial charge on any atom is -0.378 e. The van der Waals surface area contributed by atoms with E-state index in [4.69, 9.17) is 4.74 Å². The van der Waals surface area contributed by atoms with Crippen LogP contribution in [0.25, 0.3) is 0 Å². The molecule has 0 bridgehead atoms. The van der Waals surface area contributed by atoms with Gasteiger partial charge >= 0.3 is 0 Å². The van der Waals surface area contributed by atoms with E-state index >= 15 is 0 Å². The molecule has 164 valence electrons. The van der Waals surface area contributed by atoms with Crippen molar-refractivity contribution in [3.05, 3.63) is 35.9 Å². The minimum absolute atomic E-state index is 0.528. The molecule has 1 nitrogen and oxygen atoms in total. The van der Waals surface area contributed by atoms with E-state index in [0.29, 0.717) is 6.10 Å². The molecular formula is C28H46O. The monoisotopic (exact) mass is 398 g/mol. The summed E-state index contributed by atoms with van der Waals surface area (Å²) >= 11 is 0. The summed E-state index contributed by atoms with van der Waals surface area (Å²) < 4.78 is 6.39. The van der Waals surface area contributed by atoms with Gasteiger partial charge in [-0.25, -0.2) is 0 Å². The molecule has 0 aromatic heterocycles. The van der Waals surface area contributed by atoms with Crippen LogP contribution in [0, 0.1) is 11.8 Å². The molecule has 0 radical (unpaired) electrons. The third kappa shape index (κ3) is 8.44. The molecule has 0 saturated heterocycles. The average Bonchev–Trinajstić information content (AvgIpc) is 2.79. The highest BCUT2D eigenvalue weighted by atomic mass is 16.5. The van der Waals surface area contributed by atoms with Crippen LogP contribution in [0.2, 0.25) is 0 Å². The van der Waals surface area contributed by atoms with Gasteiger partial charge < -0.3 is 4.74 Å². The lowest BCUT2D eigenvalue weighted by Gasteiger charge is -2.32. The number of rotatable bonds is 12. The van der Waals surface area contributed by atoms with Crippen LogP contribution in [-0.2, 0) is 4.74 Å². The Bertz CT molecular complexity index is 508. The first-order valence-corrected chi connectivity index (χ1v) is 13.0. The first-order chi connectivity index (χ1) is 14.3. The summed E-state index contributed by atoms with van der Waals surface area (Å²) in [6, 6.07) is 11.1. The molecule has 1 aromatic rings. The van der Waals surface area contributed by atoms with E-state index in [1.807, 2.05) is 0 Å². The lowest BCUT2D eigenvalue weighted by Crippen LogP contribution is -2.25. The Labute approximate surface area is 181 Å². The van der Waals surface area contributed by atoms with Gasteiger partial charge in [0.2, 0.25) is 0 Å². The van der Waals surface area contributed by atoms with Gasteiger partial charge in [0.05, 0.1) is 6.10 Å². The van der Waals surface area contributed by atoms with Crippen molar-refractivity contribution in [3.63, 3.8) is 0 Å². The van der Waals surface area contributed by atoms with Gasteiger partial charge in [-0.1, -0.05) is 101 Å². The van der Waals surface area contributed by atoms with Gasteiger partial charge in [0.1, 0.15) is 0 Å². The van der Waals surface area contributed by atoms with Crippen LogP contribution < -0.4 is 0 Å². The number of unbranched alkanes of at least 4 members (excludes halogenated alkanes) is 6. The summed E-state index contributed by atoms with van der Waals surface area (Å²) in [5.74, 6) is 2.62. The predicted molar refractivity (Wildman–Crippen MR) is 125 cm³/mol. The zero-order valence-electron chi connectivity index (χ0n) is 19.1. The van der Waals surface area contributed by atoms with Crippen molar-refractivity contribution < 1.29 is 4.74 Å². The van der Waals surface area contributed by atoms with E-state index in [1.54, 1.807) is 0 Å². The quantitative estimate of drug-likeness (QED) is 0.320. The van der Waals surface area contributed by atoms with Crippen molar-refractivity contribution in [1.29, 1.82) is 0 Å². The molecular weight excluding hydrogens is 352 g/mol. The molecule has 0 unspecified atom stereocenters. The Morgan fingerprint density at radius 2 is 1.31 bits per heavy atom. The zero-order chi connectivity index (χ0) is 20.2. The van der Waals surface area contributed by atoms with Crippen LogP contribution in [-0.4, -0.2) is 12.7 Å². The summed E-state index contributed by atoms with van der Waals surface area (Å²) in [4.78, 5) is 0. The highest BCUT2D eigenvalue weighted by Gasteiger charge is 2.25. The fraction of sp³-hybridized carbons (Fsp3) is 0.786. The molecule has 2 fully saturated rings. The molecule has 0 heterocycles. The van der Waals surface area contributed by atoms with Crippen LogP contribution >= 0.6 is 0 Å². The maximum atomic E-state index is 6.39. The van der Waals surface area contributed by atoms with Crippen molar-refractivity contribution in [2.75, 3.05) is 6.61 Å². The van der Waals surface area contributed by atoms with Crippen molar-refractivity contribution in [3.8, 4) is 0 Å². The van der Waals surface area contributed by atoms with Crippen molar-refractivity contribution >= 4 is 0 Å². The number of benzene rings is 1. The SMILES string of the molecule is CCCCCCCCC[C@H]1CC[C@H](CO[C@H]2CC[C@H](c3ccccc3)CC2)CC1. The average molecular weight is 399 g/mol. The van der Waals surface area contributed by atoms with Crippen molar-refractivity contribution in [2.24, 2.45) is 11.8 Å². The minimum atomic E-state index is 0.528. The summed E-state index contributed by atoms with van der Waals surface area (Å²) in [7, 11) is 0. The van der Waals surface area contributed by atoms with Crippen LogP contribution in [0.5, 0.6) is 0 Å². The Kier molecular flexibility index (Phi) is 10.6. The normalized spacial score (nSPS) is 27.8. The second-order valence-electron chi connectivity index (χ2n) is 10.0. The number of ether oxygens (including phenoxy) is 1. The van der Waals surface area contributed by atoms with Crippen LogP contribution in [0.4, 0.5) is 0 Å². The highest BCUT2D eigenvalue weighted by molar-refractivity contribution is 5.19. The van der Waals surface area contributed by atoms with Gasteiger partial charge in [0, 0.05) is 6.61 Å². The van der Waals surface area contributed by atoms with E-state index in [1.165, 1.54) is 108 Å². The fourth-order valence-corrected chi connectivity index (χ4v) is 5.64. The maximum Gasteiger partial charge on any atom is 0.0575 e. The second-order valence-corrected chi connectivity index (χ2v) is 10.0. The molecule has 0 N–H and O–H groups in total. The lowest BCUT2D eigenvalue weighted by atomic mass is 9.80. The van der Waals surface area contributed by atoms with Gasteiger partial charge in [0.25, 0.3) is 0 Å². The van der Waals surface area contributed by atoms with Crippen LogP contribution in [0.3, 0.4) is 0 Å². The molecule has 0 atom stereocenters. The maximum absolute atomic E-state index is 6.39. The molecule has 1 aromatic carbocycles. The Morgan fingerprint density at radius 1 is 0.690 bits per heavy atom. The fourth-order valence-electron chi connectivity index (χ4n) is 5.64. The van der Waals surface area contributed by atoms with Crippen LogP contribution in [0.15, 0.2) is 30.3 Å². The van der Waals surface area contributed by atoms with Gasteiger partial charge in [-0.2, -0.15) is 0 Å². The number of hydrogen-bond donors (Lipinski definition) is 0. The first-order valence-electron chi connectivity index (χ1n) is 13.0. The summed E-state index contributed by atoms with van der Waals surface area (Å²) in [6.45, 7) is 3.34. The molecule has 2 saturated carbocycles. The summed E-state index contributed by atoms with van der Waals surface area (Å²) in [5, 5.41) is 0. The summed E-state index contributed by atoms with van der Waals surface area (Å²) in [6.07, 6.45) is 23.0. The lowest BCUT2D eigenvalue weighted by molar-refractivity contribution is -0.00484. The van der Waals surface area contributed by atoms with E-state index in [-0.39, 0.29) is 0 Å². The second kappa shape index (κ2) is 13.5. The van der Waals surface area contributed by atoms with Crippen LogP contribution in [0.1, 0.15) is 121 Å². The van der Waals surface area contributed by atoms with E-state index in [9.17, 15) is 0 Å². The molecule has 0 spiro atoms. The van der Waals surface area contributed by atoms with E-state index in [0.717, 1.165) is 24.4 Å². The molecule has 0 aliphatic heterocycles. The Hall–Kier alpha value is -0.820. The molecule has 2 aliphatic carbocycles. The smallest absolute Gasteiger partial charge is 0.0575 e. The van der Waals surface area contributed by atoms with Gasteiger partial charge in [-0.3, -0.25) is 0 Å². The third-order valence-electron chi connectivity index (χ3n) is 7.70.